The third kappa shape index (κ3) is 4.11. The van der Waals surface area contributed by atoms with Gasteiger partial charge >= 0.3 is 0 Å². The monoisotopic (exact) mass is 430 g/mol. The van der Waals surface area contributed by atoms with Gasteiger partial charge in [-0.2, -0.15) is 5.10 Å². The summed E-state index contributed by atoms with van der Waals surface area (Å²) in [6.45, 7) is 3.22. The van der Waals surface area contributed by atoms with Crippen molar-refractivity contribution in [1.82, 2.24) is 20.0 Å². The highest BCUT2D eigenvalue weighted by Crippen LogP contribution is 2.30. The van der Waals surface area contributed by atoms with E-state index < -0.39 is 0 Å². The zero-order valence-corrected chi connectivity index (χ0v) is 17.4. The van der Waals surface area contributed by atoms with Crippen LogP contribution in [0.15, 0.2) is 34.8 Å². The van der Waals surface area contributed by atoms with Gasteiger partial charge in [0.05, 0.1) is 5.69 Å². The zero-order chi connectivity index (χ0) is 18.8. The van der Waals surface area contributed by atoms with Gasteiger partial charge in [-0.25, -0.2) is 0 Å². The van der Waals surface area contributed by atoms with E-state index in [-0.39, 0.29) is 5.91 Å². The van der Waals surface area contributed by atoms with Crippen molar-refractivity contribution in [2.75, 3.05) is 19.6 Å². The number of nitrogens with one attached hydrogen (secondary N) is 1. The number of amides is 1. The summed E-state index contributed by atoms with van der Waals surface area (Å²) in [5, 5.41) is 7.71. The molecule has 1 aromatic heterocycles. The number of benzene rings is 1. The highest BCUT2D eigenvalue weighted by molar-refractivity contribution is 9.10. The van der Waals surface area contributed by atoms with Crippen molar-refractivity contribution < 1.29 is 4.79 Å². The van der Waals surface area contributed by atoms with Crippen molar-refractivity contribution >= 4 is 21.8 Å². The van der Waals surface area contributed by atoms with Crippen LogP contribution in [0.25, 0.3) is 11.3 Å². The van der Waals surface area contributed by atoms with E-state index in [9.17, 15) is 4.79 Å². The molecule has 0 unspecified atom stereocenters. The zero-order valence-electron chi connectivity index (χ0n) is 15.8. The van der Waals surface area contributed by atoms with Crippen molar-refractivity contribution in [3.05, 3.63) is 40.5 Å². The van der Waals surface area contributed by atoms with Crippen LogP contribution in [0.4, 0.5) is 0 Å². The maximum absolute atomic E-state index is 12.8. The Balaban J connectivity index is 1.42. The summed E-state index contributed by atoms with van der Waals surface area (Å²) in [6, 6.07) is 10.5. The third-order valence-electron chi connectivity index (χ3n) is 6.01. The van der Waals surface area contributed by atoms with Gasteiger partial charge in [0, 0.05) is 29.7 Å². The summed E-state index contributed by atoms with van der Waals surface area (Å²) >= 11 is 3.45. The fourth-order valence-electron chi connectivity index (χ4n) is 4.57. The van der Waals surface area contributed by atoms with Crippen LogP contribution in [0.3, 0.4) is 0 Å². The van der Waals surface area contributed by atoms with Crippen LogP contribution in [0.1, 0.15) is 42.6 Å². The van der Waals surface area contributed by atoms with E-state index in [0.717, 1.165) is 22.3 Å². The molecule has 2 fully saturated rings. The predicted molar refractivity (Wildman–Crippen MR) is 111 cm³/mol. The molecule has 0 radical (unpaired) electrons. The standard InChI is InChI=1S/C21H27BrN4O/c1-25-20(13-18(24-25)15-7-9-17(22)10-8-15)21(27)23-14-16-5-4-12-26-11-3-2-6-19(16)26/h7-10,13,16,19H,2-6,11-12,14H2,1H3,(H,23,27)/t16-,19-/m0/s1. The summed E-state index contributed by atoms with van der Waals surface area (Å²) in [5.41, 5.74) is 2.45. The number of piperidine rings is 2. The molecule has 0 spiro atoms. The summed E-state index contributed by atoms with van der Waals surface area (Å²) < 4.78 is 2.71. The van der Waals surface area contributed by atoms with E-state index in [1.54, 1.807) is 4.68 Å². The molecule has 4 rings (SSSR count). The second-order valence-electron chi connectivity index (χ2n) is 7.76. The minimum atomic E-state index is -0.0266. The molecule has 1 aromatic carbocycles. The Morgan fingerprint density at radius 3 is 2.78 bits per heavy atom. The molecule has 2 aliphatic rings. The number of aromatic nitrogens is 2. The average molecular weight is 431 g/mol. The fraction of sp³-hybridized carbons (Fsp3) is 0.524. The van der Waals surface area contributed by atoms with Crippen LogP contribution in [0.5, 0.6) is 0 Å². The number of hydrogen-bond acceptors (Lipinski definition) is 3. The quantitative estimate of drug-likeness (QED) is 0.801. The minimum Gasteiger partial charge on any atom is -0.350 e. The molecule has 3 heterocycles. The fourth-order valence-corrected chi connectivity index (χ4v) is 4.84. The number of hydrogen-bond donors (Lipinski definition) is 1. The first-order valence-corrected chi connectivity index (χ1v) is 10.7. The van der Waals surface area contributed by atoms with E-state index in [1.165, 1.54) is 45.2 Å². The predicted octanol–water partition coefficient (Wildman–Crippen LogP) is 3.84. The summed E-state index contributed by atoms with van der Waals surface area (Å²) in [4.78, 5) is 15.4. The molecule has 0 aliphatic carbocycles. The second kappa shape index (κ2) is 8.15. The van der Waals surface area contributed by atoms with Crippen LogP contribution in [0.2, 0.25) is 0 Å². The average Bonchev–Trinajstić information content (AvgIpc) is 3.08. The van der Waals surface area contributed by atoms with E-state index in [1.807, 2.05) is 37.4 Å². The van der Waals surface area contributed by atoms with Crippen LogP contribution in [-0.2, 0) is 7.05 Å². The summed E-state index contributed by atoms with van der Waals surface area (Å²) in [5.74, 6) is 0.545. The molecule has 1 N–H and O–H groups in total. The molecule has 2 atom stereocenters. The number of rotatable bonds is 4. The highest BCUT2D eigenvalue weighted by Gasteiger charge is 2.33. The first-order valence-electron chi connectivity index (χ1n) is 9.94. The maximum Gasteiger partial charge on any atom is 0.269 e. The third-order valence-corrected chi connectivity index (χ3v) is 6.53. The first kappa shape index (κ1) is 18.7. The molecule has 0 bridgehead atoms. The van der Waals surface area contributed by atoms with Crippen molar-refractivity contribution in [1.29, 1.82) is 0 Å². The Kier molecular flexibility index (Phi) is 5.64. The van der Waals surface area contributed by atoms with Gasteiger partial charge in [-0.1, -0.05) is 34.5 Å². The molecule has 1 amide bonds. The maximum atomic E-state index is 12.8. The molecular weight excluding hydrogens is 404 g/mol. The van der Waals surface area contributed by atoms with Gasteiger partial charge in [-0.05, 0) is 62.9 Å². The number of fused-ring (bicyclic) bond motifs is 1. The minimum absolute atomic E-state index is 0.0266. The van der Waals surface area contributed by atoms with E-state index in [4.69, 9.17) is 0 Å². The van der Waals surface area contributed by atoms with Crippen LogP contribution in [0, 0.1) is 5.92 Å². The number of halogens is 1. The summed E-state index contributed by atoms with van der Waals surface area (Å²) in [6.07, 6.45) is 6.39. The molecule has 2 saturated heterocycles. The lowest BCUT2D eigenvalue weighted by Gasteiger charge is -2.44. The van der Waals surface area contributed by atoms with Crippen molar-refractivity contribution in [2.45, 2.75) is 38.1 Å². The van der Waals surface area contributed by atoms with Gasteiger partial charge in [-0.15, -0.1) is 0 Å². The van der Waals surface area contributed by atoms with Gasteiger partial charge < -0.3 is 10.2 Å². The molecule has 27 heavy (non-hydrogen) atoms. The first-order chi connectivity index (χ1) is 13.1. The van der Waals surface area contributed by atoms with Gasteiger partial charge in [0.2, 0.25) is 0 Å². The van der Waals surface area contributed by atoms with Crippen molar-refractivity contribution in [2.24, 2.45) is 13.0 Å². The normalized spacial score (nSPS) is 23.0. The largest absolute Gasteiger partial charge is 0.350 e. The molecule has 2 aliphatic heterocycles. The van der Waals surface area contributed by atoms with Crippen molar-refractivity contribution in [3.8, 4) is 11.3 Å². The molecule has 144 valence electrons. The van der Waals surface area contributed by atoms with Crippen LogP contribution < -0.4 is 5.32 Å². The Morgan fingerprint density at radius 1 is 1.19 bits per heavy atom. The number of aryl methyl sites for hydroxylation is 1. The SMILES string of the molecule is Cn1nc(-c2ccc(Br)cc2)cc1C(=O)NC[C@@H]1CCCN2CCCC[C@@H]12. The Labute approximate surface area is 169 Å². The summed E-state index contributed by atoms with van der Waals surface area (Å²) in [7, 11) is 1.83. The molecular formula is C21H27BrN4O. The molecule has 6 heteroatoms. The lowest BCUT2D eigenvalue weighted by Crippen LogP contribution is -2.51. The smallest absolute Gasteiger partial charge is 0.269 e. The van der Waals surface area contributed by atoms with Gasteiger partial charge in [0.25, 0.3) is 5.91 Å². The molecule has 5 nitrogen and oxygen atoms in total. The Bertz CT molecular complexity index is 799. The number of carbonyl (C=O) groups is 1. The van der Waals surface area contributed by atoms with Crippen LogP contribution >= 0.6 is 15.9 Å². The van der Waals surface area contributed by atoms with Crippen molar-refractivity contribution in [3.63, 3.8) is 0 Å². The Morgan fingerprint density at radius 2 is 1.96 bits per heavy atom. The van der Waals surface area contributed by atoms with E-state index in [0.29, 0.717) is 17.7 Å². The topological polar surface area (TPSA) is 50.2 Å². The van der Waals surface area contributed by atoms with Gasteiger partial charge in [0.15, 0.2) is 0 Å². The highest BCUT2D eigenvalue weighted by atomic mass is 79.9. The lowest BCUT2D eigenvalue weighted by atomic mass is 9.83. The second-order valence-corrected chi connectivity index (χ2v) is 8.67. The lowest BCUT2D eigenvalue weighted by molar-refractivity contribution is 0.0574. The van der Waals surface area contributed by atoms with Gasteiger partial charge in [0.1, 0.15) is 5.69 Å². The molecule has 2 aromatic rings. The number of nitrogens with zero attached hydrogens (tertiary/aromatic N) is 3. The van der Waals surface area contributed by atoms with E-state index in [2.05, 4.69) is 31.2 Å². The Hall–Kier alpha value is -1.66. The number of carbonyl (C=O) groups excluding carboxylic acids is 1. The van der Waals surface area contributed by atoms with E-state index >= 15 is 0 Å². The van der Waals surface area contributed by atoms with Crippen LogP contribution in [-0.4, -0.2) is 46.3 Å². The van der Waals surface area contributed by atoms with Gasteiger partial charge in [-0.3, -0.25) is 9.48 Å². The molecule has 0 saturated carbocycles.